The van der Waals surface area contributed by atoms with Gasteiger partial charge in [0.2, 0.25) is 0 Å². The molecule has 76 valence electrons. The molecule has 0 radical (unpaired) electrons. The summed E-state index contributed by atoms with van der Waals surface area (Å²) in [6.07, 6.45) is 0.404. The first-order chi connectivity index (χ1) is 7.24. The van der Waals surface area contributed by atoms with E-state index in [1.54, 1.807) is 0 Å². The molecule has 0 aliphatic carbocycles. The summed E-state index contributed by atoms with van der Waals surface area (Å²) in [7, 11) is 0. The van der Waals surface area contributed by atoms with Gasteiger partial charge in [0.15, 0.2) is 0 Å². The summed E-state index contributed by atoms with van der Waals surface area (Å²) in [6, 6.07) is 3.61. The average molecular weight is 205 g/mol. The summed E-state index contributed by atoms with van der Waals surface area (Å²) in [5.41, 5.74) is 8.34. The third-order valence-corrected chi connectivity index (χ3v) is 1.58. The van der Waals surface area contributed by atoms with Crippen molar-refractivity contribution in [3.8, 4) is 17.6 Å². The number of benzene rings is 1. The molecule has 0 heterocycles. The molecule has 0 fully saturated rings. The molecule has 5 heteroatoms. The van der Waals surface area contributed by atoms with Crippen LogP contribution in [0.1, 0.15) is 12.0 Å². The molecule has 1 N–H and O–H groups in total. The van der Waals surface area contributed by atoms with Gasteiger partial charge in [0.1, 0.15) is 11.6 Å². The van der Waals surface area contributed by atoms with E-state index in [1.165, 1.54) is 12.1 Å². The van der Waals surface area contributed by atoms with Crippen LogP contribution in [0.25, 0.3) is 10.4 Å². The molecule has 0 saturated carbocycles. The Morgan fingerprint density at radius 3 is 3.00 bits per heavy atom. The Morgan fingerprint density at radius 1 is 1.53 bits per heavy atom. The zero-order valence-electron chi connectivity index (χ0n) is 7.81. The van der Waals surface area contributed by atoms with Crippen LogP contribution in [0.3, 0.4) is 0 Å². The van der Waals surface area contributed by atoms with Gasteiger partial charge in [0.05, 0.1) is 5.56 Å². The van der Waals surface area contributed by atoms with E-state index < -0.39 is 5.82 Å². The standard InChI is InChI=1S/C10H8FN3O/c11-9-5-4-8(10(15)7-9)3-1-2-6-13-14-12/h4-5,7,15H,2,6H2. The number of azide groups is 1. The minimum absolute atomic E-state index is 0.189. The summed E-state index contributed by atoms with van der Waals surface area (Å²) < 4.78 is 12.6. The van der Waals surface area contributed by atoms with Crippen LogP contribution in [0, 0.1) is 17.7 Å². The van der Waals surface area contributed by atoms with Crippen LogP contribution in [0.15, 0.2) is 23.3 Å². The molecule has 1 aromatic carbocycles. The minimum atomic E-state index is -0.507. The SMILES string of the molecule is [N-]=[N+]=NCCC#Cc1ccc(F)cc1O. The third-order valence-electron chi connectivity index (χ3n) is 1.58. The summed E-state index contributed by atoms with van der Waals surface area (Å²) >= 11 is 0. The zero-order chi connectivity index (χ0) is 11.1. The molecule has 4 nitrogen and oxygen atoms in total. The maximum Gasteiger partial charge on any atom is 0.134 e. The van der Waals surface area contributed by atoms with Crippen molar-refractivity contribution in [2.24, 2.45) is 5.11 Å². The number of phenols is 1. The van der Waals surface area contributed by atoms with Crippen LogP contribution in [-0.4, -0.2) is 11.7 Å². The molecule has 0 amide bonds. The third kappa shape index (κ3) is 3.59. The van der Waals surface area contributed by atoms with Gasteiger partial charge < -0.3 is 5.11 Å². The van der Waals surface area contributed by atoms with E-state index in [1.807, 2.05) is 0 Å². The highest BCUT2D eigenvalue weighted by Crippen LogP contribution is 2.16. The zero-order valence-corrected chi connectivity index (χ0v) is 7.81. The molecule has 0 aromatic heterocycles. The lowest BCUT2D eigenvalue weighted by molar-refractivity contribution is 0.467. The smallest absolute Gasteiger partial charge is 0.134 e. The van der Waals surface area contributed by atoms with Crippen molar-refractivity contribution in [1.82, 2.24) is 0 Å². The monoisotopic (exact) mass is 205 g/mol. The number of hydrogen-bond acceptors (Lipinski definition) is 2. The summed E-state index contributed by atoms with van der Waals surface area (Å²) in [6.45, 7) is 0.283. The number of phenolic OH excluding ortho intramolecular Hbond substituents is 1. The lowest BCUT2D eigenvalue weighted by Crippen LogP contribution is -1.80. The highest BCUT2D eigenvalue weighted by atomic mass is 19.1. The van der Waals surface area contributed by atoms with Gasteiger partial charge in [-0.25, -0.2) is 4.39 Å². The van der Waals surface area contributed by atoms with Gasteiger partial charge in [-0.05, 0) is 17.7 Å². The highest BCUT2D eigenvalue weighted by molar-refractivity contribution is 5.45. The molecule has 0 unspecified atom stereocenters. The maximum absolute atomic E-state index is 12.6. The van der Waals surface area contributed by atoms with Gasteiger partial charge in [-0.3, -0.25) is 0 Å². The topological polar surface area (TPSA) is 69.0 Å². The van der Waals surface area contributed by atoms with Gasteiger partial charge in [-0.2, -0.15) is 0 Å². The Bertz CT molecular complexity index is 455. The lowest BCUT2D eigenvalue weighted by Gasteiger charge is -1.95. The van der Waals surface area contributed by atoms with Crippen molar-refractivity contribution in [2.75, 3.05) is 6.54 Å². The minimum Gasteiger partial charge on any atom is -0.507 e. The van der Waals surface area contributed by atoms with Gasteiger partial charge in [-0.1, -0.05) is 17.0 Å². The Kier molecular flexibility index (Phi) is 4.02. The first kappa shape index (κ1) is 10.9. The molecule has 0 saturated heterocycles. The van der Waals surface area contributed by atoms with E-state index in [2.05, 4.69) is 21.9 Å². The summed E-state index contributed by atoms with van der Waals surface area (Å²) in [4.78, 5) is 2.57. The van der Waals surface area contributed by atoms with Gasteiger partial charge in [0.25, 0.3) is 0 Å². The lowest BCUT2D eigenvalue weighted by atomic mass is 10.2. The quantitative estimate of drug-likeness (QED) is 0.260. The Labute approximate surface area is 86.0 Å². The van der Waals surface area contributed by atoms with Gasteiger partial charge in [-0.15, -0.1) is 0 Å². The number of aromatic hydroxyl groups is 1. The van der Waals surface area contributed by atoms with Crippen LogP contribution in [-0.2, 0) is 0 Å². The van der Waals surface area contributed by atoms with Crippen molar-refractivity contribution in [3.63, 3.8) is 0 Å². The van der Waals surface area contributed by atoms with Crippen LogP contribution in [0.2, 0.25) is 0 Å². The number of hydrogen-bond donors (Lipinski definition) is 1. The van der Waals surface area contributed by atoms with Gasteiger partial charge in [0, 0.05) is 23.9 Å². The van der Waals surface area contributed by atoms with Crippen LogP contribution >= 0.6 is 0 Å². The van der Waals surface area contributed by atoms with E-state index >= 15 is 0 Å². The number of nitrogens with zero attached hydrogens (tertiary/aromatic N) is 3. The molecule has 15 heavy (non-hydrogen) atoms. The predicted molar refractivity (Wildman–Crippen MR) is 53.6 cm³/mol. The van der Waals surface area contributed by atoms with E-state index in [4.69, 9.17) is 5.53 Å². The first-order valence-electron chi connectivity index (χ1n) is 4.22. The second-order valence-electron chi connectivity index (χ2n) is 2.67. The Hall–Kier alpha value is -2.18. The molecule has 0 spiro atoms. The fourth-order valence-corrected chi connectivity index (χ4v) is 0.919. The fraction of sp³-hybridized carbons (Fsp3) is 0.200. The van der Waals surface area contributed by atoms with Crippen molar-refractivity contribution >= 4 is 0 Å². The maximum atomic E-state index is 12.6. The second kappa shape index (κ2) is 5.53. The molecule has 0 aliphatic rings. The van der Waals surface area contributed by atoms with Crippen molar-refractivity contribution in [3.05, 3.63) is 40.0 Å². The molecule has 1 aromatic rings. The van der Waals surface area contributed by atoms with E-state index in [0.29, 0.717) is 12.0 Å². The van der Waals surface area contributed by atoms with E-state index in [9.17, 15) is 9.50 Å². The van der Waals surface area contributed by atoms with Crippen molar-refractivity contribution in [2.45, 2.75) is 6.42 Å². The van der Waals surface area contributed by atoms with Crippen molar-refractivity contribution in [1.29, 1.82) is 0 Å². The van der Waals surface area contributed by atoms with Crippen molar-refractivity contribution < 1.29 is 9.50 Å². The molecular formula is C10H8FN3O. The predicted octanol–water partition coefficient (Wildman–Crippen LogP) is 2.58. The Balaban J connectivity index is 2.67. The average Bonchev–Trinajstić information content (AvgIpc) is 2.20. The van der Waals surface area contributed by atoms with Crippen LogP contribution in [0.5, 0.6) is 5.75 Å². The highest BCUT2D eigenvalue weighted by Gasteiger charge is 1.98. The van der Waals surface area contributed by atoms with Gasteiger partial charge >= 0.3 is 0 Å². The van der Waals surface area contributed by atoms with Crippen LogP contribution < -0.4 is 0 Å². The molecular weight excluding hydrogens is 197 g/mol. The first-order valence-corrected chi connectivity index (χ1v) is 4.22. The van der Waals surface area contributed by atoms with Crippen LogP contribution in [0.4, 0.5) is 4.39 Å². The molecule has 0 aliphatic heterocycles. The molecule has 0 bridgehead atoms. The summed E-state index contributed by atoms with van der Waals surface area (Å²) in [5.74, 6) is 4.65. The second-order valence-corrected chi connectivity index (χ2v) is 2.67. The number of rotatable bonds is 2. The molecule has 1 rings (SSSR count). The number of halogens is 1. The molecule has 0 atom stereocenters. The normalized spacial score (nSPS) is 8.60. The Morgan fingerprint density at radius 2 is 2.33 bits per heavy atom. The summed E-state index contributed by atoms with van der Waals surface area (Å²) in [5, 5.41) is 12.6. The largest absolute Gasteiger partial charge is 0.507 e. The van der Waals surface area contributed by atoms with E-state index in [0.717, 1.165) is 6.07 Å². The fourth-order valence-electron chi connectivity index (χ4n) is 0.919. The van der Waals surface area contributed by atoms with E-state index in [-0.39, 0.29) is 12.3 Å².